The van der Waals surface area contributed by atoms with Crippen LogP contribution in [0.3, 0.4) is 0 Å². The van der Waals surface area contributed by atoms with Crippen LogP contribution in [-0.2, 0) is 4.79 Å². The lowest BCUT2D eigenvalue weighted by Crippen LogP contribution is -2.44. The molecule has 0 saturated carbocycles. The second-order valence-electron chi connectivity index (χ2n) is 5.50. The van der Waals surface area contributed by atoms with Crippen molar-refractivity contribution in [3.05, 3.63) is 80.2 Å². The molecule has 0 bridgehead atoms. The summed E-state index contributed by atoms with van der Waals surface area (Å²) >= 11 is 6.16. The van der Waals surface area contributed by atoms with E-state index in [0.29, 0.717) is 16.0 Å². The highest BCUT2D eigenvalue weighted by Gasteiger charge is 2.33. The smallest absolute Gasteiger partial charge is 0.267 e. The molecule has 3 rings (SSSR count). The minimum atomic E-state index is -0.695. The molecule has 2 aromatic rings. The number of carbonyl (C=O) groups is 2. The molecule has 0 aliphatic carbocycles. The van der Waals surface area contributed by atoms with Crippen molar-refractivity contribution in [3.8, 4) is 6.07 Å². The van der Waals surface area contributed by atoms with Crippen LogP contribution in [0.5, 0.6) is 0 Å². The van der Waals surface area contributed by atoms with Crippen molar-refractivity contribution >= 4 is 51.9 Å². The van der Waals surface area contributed by atoms with Crippen LogP contribution in [0.1, 0.15) is 21.5 Å². The lowest BCUT2D eigenvalue weighted by Gasteiger charge is -2.15. The van der Waals surface area contributed by atoms with Gasteiger partial charge in [-0.1, -0.05) is 30.0 Å². The number of nitrogens with one attached hydrogen (secondary N) is 1. The normalized spacial score (nSPS) is 14.8. The van der Waals surface area contributed by atoms with Crippen molar-refractivity contribution in [2.24, 2.45) is 0 Å². The summed E-state index contributed by atoms with van der Waals surface area (Å²) in [7, 11) is 0. The van der Waals surface area contributed by atoms with E-state index in [9.17, 15) is 19.7 Å². The highest BCUT2D eigenvalue weighted by molar-refractivity contribution is 8.26. The predicted molar refractivity (Wildman–Crippen MR) is 107 cm³/mol. The third kappa shape index (κ3) is 4.06. The average molecular weight is 410 g/mol. The zero-order chi connectivity index (χ0) is 20.3. The summed E-state index contributed by atoms with van der Waals surface area (Å²) in [4.78, 5) is 35.4. The molecular weight excluding hydrogens is 400 g/mol. The van der Waals surface area contributed by atoms with E-state index in [1.807, 2.05) is 6.07 Å². The van der Waals surface area contributed by atoms with Crippen molar-refractivity contribution in [2.75, 3.05) is 0 Å². The third-order valence-corrected chi connectivity index (χ3v) is 4.97. The molecule has 1 fully saturated rings. The van der Waals surface area contributed by atoms with Crippen molar-refractivity contribution in [1.29, 1.82) is 5.26 Å². The number of nitro groups is 1. The van der Waals surface area contributed by atoms with E-state index in [-0.39, 0.29) is 15.6 Å². The van der Waals surface area contributed by atoms with Gasteiger partial charge in [-0.25, -0.2) is 0 Å². The number of non-ortho nitro benzene ring substituents is 1. The maximum Gasteiger partial charge on any atom is 0.285 e. The molecule has 0 aromatic heterocycles. The molecule has 1 saturated heterocycles. The fraction of sp³-hybridized carbons (Fsp3) is 0. The van der Waals surface area contributed by atoms with Crippen LogP contribution < -0.4 is 5.43 Å². The lowest BCUT2D eigenvalue weighted by molar-refractivity contribution is -0.384. The van der Waals surface area contributed by atoms with Crippen LogP contribution in [0.15, 0.2) is 53.4 Å². The first-order chi connectivity index (χ1) is 13.4. The minimum Gasteiger partial charge on any atom is -0.267 e. The Morgan fingerprint density at radius 1 is 1.29 bits per heavy atom. The SMILES string of the molecule is N#Cc1ccc(/C=C2/SC(=S)N(NC(=O)c3cccc([N+](=O)[O-])c3)C2=O)cc1. The number of rotatable bonds is 4. The number of benzene rings is 2. The topological polar surface area (TPSA) is 116 Å². The van der Waals surface area contributed by atoms with Crippen molar-refractivity contribution in [2.45, 2.75) is 0 Å². The van der Waals surface area contributed by atoms with E-state index in [4.69, 9.17) is 17.5 Å². The molecule has 1 aliphatic heterocycles. The van der Waals surface area contributed by atoms with Gasteiger partial charge in [0.15, 0.2) is 4.32 Å². The van der Waals surface area contributed by atoms with Gasteiger partial charge in [-0.05, 0) is 42.1 Å². The van der Waals surface area contributed by atoms with Crippen molar-refractivity contribution < 1.29 is 14.5 Å². The number of amides is 2. The van der Waals surface area contributed by atoms with Gasteiger partial charge in [-0.15, -0.1) is 0 Å². The summed E-state index contributed by atoms with van der Waals surface area (Å²) in [6.45, 7) is 0. The molecule has 10 heteroatoms. The second-order valence-corrected chi connectivity index (χ2v) is 7.18. The first-order valence-electron chi connectivity index (χ1n) is 7.72. The van der Waals surface area contributed by atoms with Crippen molar-refractivity contribution in [3.63, 3.8) is 0 Å². The maximum atomic E-state index is 12.6. The van der Waals surface area contributed by atoms with Gasteiger partial charge < -0.3 is 0 Å². The Balaban J connectivity index is 1.77. The molecule has 0 spiro atoms. The molecular formula is C18H10N4O4S2. The average Bonchev–Trinajstić information content (AvgIpc) is 2.96. The van der Waals surface area contributed by atoms with E-state index >= 15 is 0 Å². The summed E-state index contributed by atoms with van der Waals surface area (Å²) in [6.07, 6.45) is 1.60. The Labute approximate surface area is 168 Å². The molecule has 28 heavy (non-hydrogen) atoms. The molecule has 2 amide bonds. The first-order valence-corrected chi connectivity index (χ1v) is 8.95. The van der Waals surface area contributed by atoms with Gasteiger partial charge in [0.2, 0.25) is 0 Å². The number of hydrazine groups is 1. The Kier molecular flexibility index (Phi) is 5.49. The third-order valence-electron chi connectivity index (χ3n) is 3.66. The van der Waals surface area contributed by atoms with E-state index in [1.165, 1.54) is 18.2 Å². The first kappa shape index (κ1) is 19.2. The van der Waals surface area contributed by atoms with Crippen LogP contribution in [0.25, 0.3) is 6.08 Å². The zero-order valence-corrected chi connectivity index (χ0v) is 15.6. The predicted octanol–water partition coefficient (Wildman–Crippen LogP) is 3.01. The second kappa shape index (κ2) is 7.99. The van der Waals surface area contributed by atoms with Gasteiger partial charge in [-0.2, -0.15) is 10.3 Å². The molecule has 0 radical (unpaired) electrons. The Bertz CT molecular complexity index is 1070. The van der Waals surface area contributed by atoms with E-state index in [1.54, 1.807) is 30.3 Å². The molecule has 138 valence electrons. The number of thiocarbonyl (C=S) groups is 1. The Morgan fingerprint density at radius 3 is 2.64 bits per heavy atom. The molecule has 1 heterocycles. The number of nitro benzene ring substituents is 1. The summed E-state index contributed by atoms with van der Waals surface area (Å²) < 4.78 is 0.128. The van der Waals surface area contributed by atoms with Gasteiger partial charge in [-0.3, -0.25) is 25.1 Å². The van der Waals surface area contributed by atoms with Crippen molar-refractivity contribution in [1.82, 2.24) is 10.4 Å². The number of hydrogen-bond donors (Lipinski definition) is 1. The summed E-state index contributed by atoms with van der Waals surface area (Å²) in [5.74, 6) is -1.21. The molecule has 1 aliphatic rings. The van der Waals surface area contributed by atoms with Gasteiger partial charge in [0.1, 0.15) is 0 Å². The summed E-state index contributed by atoms with van der Waals surface area (Å²) in [5.41, 5.74) is 3.35. The molecule has 0 unspecified atom stereocenters. The molecule has 8 nitrogen and oxygen atoms in total. The number of nitriles is 1. The highest BCUT2D eigenvalue weighted by atomic mass is 32.2. The number of carbonyl (C=O) groups excluding carboxylic acids is 2. The van der Waals surface area contributed by atoms with Crippen LogP contribution in [-0.4, -0.2) is 26.1 Å². The molecule has 1 N–H and O–H groups in total. The fourth-order valence-corrected chi connectivity index (χ4v) is 3.48. The minimum absolute atomic E-state index is 0.0271. The van der Waals surface area contributed by atoms with Crippen LogP contribution in [0, 0.1) is 21.4 Å². The Morgan fingerprint density at radius 2 is 2.00 bits per heavy atom. The highest BCUT2D eigenvalue weighted by Crippen LogP contribution is 2.31. The van der Waals surface area contributed by atoms with Crippen LogP contribution >= 0.6 is 24.0 Å². The Hall–Kier alpha value is -3.55. The fourth-order valence-electron chi connectivity index (χ4n) is 2.30. The van der Waals surface area contributed by atoms with Crippen LogP contribution in [0.4, 0.5) is 5.69 Å². The van der Waals surface area contributed by atoms with E-state index in [2.05, 4.69) is 5.43 Å². The monoisotopic (exact) mass is 410 g/mol. The van der Waals surface area contributed by atoms with Gasteiger partial charge in [0, 0.05) is 17.7 Å². The summed E-state index contributed by atoms with van der Waals surface area (Å²) in [5, 5.41) is 20.6. The largest absolute Gasteiger partial charge is 0.285 e. The maximum absolute atomic E-state index is 12.6. The number of nitrogens with zero attached hydrogens (tertiary/aromatic N) is 3. The molecule has 2 aromatic carbocycles. The standard InChI is InChI=1S/C18H10N4O4S2/c19-10-12-6-4-11(5-7-12)8-15-17(24)21(18(27)28-15)20-16(23)13-2-1-3-14(9-13)22(25)26/h1-9H,(H,20,23)/b15-8+. The van der Waals surface area contributed by atoms with Gasteiger partial charge in [0.25, 0.3) is 17.5 Å². The number of hydrogen-bond acceptors (Lipinski definition) is 7. The quantitative estimate of drug-likeness (QED) is 0.356. The van der Waals surface area contributed by atoms with E-state index < -0.39 is 16.7 Å². The molecule has 0 atom stereocenters. The van der Waals surface area contributed by atoms with Gasteiger partial charge in [0.05, 0.1) is 21.5 Å². The van der Waals surface area contributed by atoms with E-state index in [0.717, 1.165) is 22.8 Å². The number of thioether (sulfide) groups is 1. The zero-order valence-electron chi connectivity index (χ0n) is 14.0. The lowest BCUT2D eigenvalue weighted by atomic mass is 10.1. The summed E-state index contributed by atoms with van der Waals surface area (Å²) in [6, 6.07) is 13.8. The van der Waals surface area contributed by atoms with Gasteiger partial charge >= 0.3 is 0 Å². The van der Waals surface area contributed by atoms with Crippen LogP contribution in [0.2, 0.25) is 0 Å².